The van der Waals surface area contributed by atoms with Crippen LogP contribution in [0.5, 0.6) is 11.5 Å². The van der Waals surface area contributed by atoms with Crippen LogP contribution in [-0.4, -0.2) is 61.7 Å². The third kappa shape index (κ3) is 3.40. The maximum absolute atomic E-state index is 10.7. The van der Waals surface area contributed by atoms with E-state index < -0.39 is 37.1 Å². The van der Waals surface area contributed by atoms with E-state index in [9.17, 15) is 30.6 Å². The number of aliphatic hydroxyl groups excluding tert-OH is 4. The molecule has 0 radical (unpaired) electrons. The van der Waals surface area contributed by atoms with E-state index >= 15 is 0 Å². The second-order valence-electron chi connectivity index (χ2n) is 6.42. The molecular formula is C19H22O7. The number of aromatic hydroxyl groups is 2. The first-order valence-corrected chi connectivity index (χ1v) is 8.32. The molecule has 2 aromatic rings. The zero-order valence-corrected chi connectivity index (χ0v) is 13.9. The van der Waals surface area contributed by atoms with E-state index in [-0.39, 0.29) is 17.1 Å². The van der Waals surface area contributed by atoms with Gasteiger partial charge in [-0.25, -0.2) is 0 Å². The normalized spacial score (nSPS) is 28.8. The van der Waals surface area contributed by atoms with Crippen molar-refractivity contribution in [3.05, 3.63) is 59.2 Å². The van der Waals surface area contributed by atoms with Gasteiger partial charge in [-0.15, -0.1) is 0 Å². The summed E-state index contributed by atoms with van der Waals surface area (Å²) in [7, 11) is 0. The van der Waals surface area contributed by atoms with E-state index in [1.807, 2.05) is 30.3 Å². The van der Waals surface area contributed by atoms with Gasteiger partial charge in [0.05, 0.1) is 12.2 Å². The van der Waals surface area contributed by atoms with E-state index in [0.29, 0.717) is 12.0 Å². The standard InChI is InChI=1S/C19H22O7/c20-9-13-16(23)17(24)18(25)19(26-13)14-12(21)7-6-11(15(14)22)8-10-4-2-1-3-5-10/h1-7,13,16-25H,8-9H2/t13-,16-,17+,18-,19+/m1/s1. The molecule has 7 heteroatoms. The summed E-state index contributed by atoms with van der Waals surface area (Å²) in [6.45, 7) is -0.591. The molecule has 0 aromatic heterocycles. The zero-order chi connectivity index (χ0) is 18.8. The van der Waals surface area contributed by atoms with Crippen LogP contribution in [0.2, 0.25) is 0 Å². The predicted octanol–water partition coefficient (Wildman–Crippen LogP) is 0.203. The number of ether oxygens (including phenoxy) is 1. The monoisotopic (exact) mass is 362 g/mol. The Morgan fingerprint density at radius 1 is 0.846 bits per heavy atom. The molecule has 1 saturated heterocycles. The predicted molar refractivity (Wildman–Crippen MR) is 91.7 cm³/mol. The van der Waals surface area contributed by atoms with Crippen molar-refractivity contribution in [1.82, 2.24) is 0 Å². The van der Waals surface area contributed by atoms with Gasteiger partial charge in [-0.05, 0) is 17.2 Å². The van der Waals surface area contributed by atoms with Crippen molar-refractivity contribution in [2.45, 2.75) is 36.9 Å². The highest BCUT2D eigenvalue weighted by atomic mass is 16.5. The van der Waals surface area contributed by atoms with Crippen LogP contribution in [0, 0.1) is 0 Å². The van der Waals surface area contributed by atoms with Gasteiger partial charge in [0.2, 0.25) is 0 Å². The molecule has 0 aliphatic carbocycles. The molecule has 3 rings (SSSR count). The maximum Gasteiger partial charge on any atom is 0.128 e. The van der Waals surface area contributed by atoms with Crippen LogP contribution >= 0.6 is 0 Å². The summed E-state index contributed by atoms with van der Waals surface area (Å²) in [6, 6.07) is 12.3. The highest BCUT2D eigenvalue weighted by Gasteiger charge is 2.45. The minimum absolute atomic E-state index is 0.0877. The van der Waals surface area contributed by atoms with E-state index in [1.54, 1.807) is 6.07 Å². The lowest BCUT2D eigenvalue weighted by atomic mass is 9.89. The molecule has 1 aliphatic heterocycles. The Balaban J connectivity index is 1.97. The van der Waals surface area contributed by atoms with Crippen LogP contribution in [0.1, 0.15) is 22.8 Å². The number of hydrogen-bond acceptors (Lipinski definition) is 7. The Morgan fingerprint density at radius 2 is 1.54 bits per heavy atom. The third-order valence-corrected chi connectivity index (χ3v) is 4.69. The van der Waals surface area contributed by atoms with E-state index in [0.717, 1.165) is 5.56 Å². The van der Waals surface area contributed by atoms with Crippen molar-refractivity contribution in [2.75, 3.05) is 6.61 Å². The summed E-state index contributed by atoms with van der Waals surface area (Å²) < 4.78 is 5.45. The molecular weight excluding hydrogens is 340 g/mol. The van der Waals surface area contributed by atoms with Crippen molar-refractivity contribution in [2.24, 2.45) is 0 Å². The molecule has 6 N–H and O–H groups in total. The molecule has 0 saturated carbocycles. The molecule has 7 nitrogen and oxygen atoms in total. The number of phenols is 2. The molecule has 26 heavy (non-hydrogen) atoms. The highest BCUT2D eigenvalue weighted by molar-refractivity contribution is 5.52. The van der Waals surface area contributed by atoms with Crippen LogP contribution in [-0.2, 0) is 11.2 Å². The summed E-state index contributed by atoms with van der Waals surface area (Å²) in [5, 5.41) is 60.3. The van der Waals surface area contributed by atoms with Crippen molar-refractivity contribution in [3.8, 4) is 11.5 Å². The van der Waals surface area contributed by atoms with Crippen LogP contribution in [0.25, 0.3) is 0 Å². The minimum atomic E-state index is -1.59. The Labute approximate surface area is 150 Å². The Bertz CT molecular complexity index is 747. The van der Waals surface area contributed by atoms with Crippen molar-refractivity contribution >= 4 is 0 Å². The van der Waals surface area contributed by atoms with Gasteiger partial charge in [-0.2, -0.15) is 0 Å². The smallest absolute Gasteiger partial charge is 0.128 e. The molecule has 2 aromatic carbocycles. The molecule has 1 aliphatic rings. The van der Waals surface area contributed by atoms with Gasteiger partial charge in [0.1, 0.15) is 42.0 Å². The van der Waals surface area contributed by atoms with Crippen molar-refractivity contribution < 1.29 is 35.4 Å². The second-order valence-corrected chi connectivity index (χ2v) is 6.42. The minimum Gasteiger partial charge on any atom is -0.507 e. The molecule has 140 valence electrons. The van der Waals surface area contributed by atoms with Gasteiger partial charge in [-0.3, -0.25) is 0 Å². The average molecular weight is 362 g/mol. The molecule has 0 spiro atoms. The van der Waals surface area contributed by atoms with Gasteiger partial charge in [0.15, 0.2) is 0 Å². The summed E-state index contributed by atoms with van der Waals surface area (Å²) in [5.41, 5.74) is 1.35. The first-order chi connectivity index (χ1) is 12.4. The molecule has 0 bridgehead atoms. The van der Waals surface area contributed by atoms with Crippen LogP contribution in [0.15, 0.2) is 42.5 Å². The number of rotatable bonds is 4. The summed E-state index contributed by atoms with van der Waals surface area (Å²) in [6.07, 6.45) is -6.74. The van der Waals surface area contributed by atoms with Gasteiger partial charge in [0.25, 0.3) is 0 Å². The average Bonchev–Trinajstić information content (AvgIpc) is 2.65. The number of hydrogen-bond donors (Lipinski definition) is 6. The molecule has 0 unspecified atom stereocenters. The van der Waals surface area contributed by atoms with Gasteiger partial charge in [0, 0.05) is 6.42 Å². The Morgan fingerprint density at radius 3 is 2.19 bits per heavy atom. The SMILES string of the molecule is OC[C@H]1O[C@@H](c2c(O)ccc(Cc3ccccc3)c2O)[C@H](O)[C@@H](O)[C@@H]1O. The lowest BCUT2D eigenvalue weighted by Gasteiger charge is -2.40. The van der Waals surface area contributed by atoms with Crippen LogP contribution in [0.3, 0.4) is 0 Å². The quantitative estimate of drug-likeness (QED) is 0.458. The number of benzene rings is 2. The van der Waals surface area contributed by atoms with Gasteiger partial charge in [-0.1, -0.05) is 36.4 Å². The lowest BCUT2D eigenvalue weighted by molar-refractivity contribution is -0.232. The summed E-state index contributed by atoms with van der Waals surface area (Å²) in [4.78, 5) is 0. The largest absolute Gasteiger partial charge is 0.507 e. The second kappa shape index (κ2) is 7.61. The van der Waals surface area contributed by atoms with Crippen molar-refractivity contribution in [3.63, 3.8) is 0 Å². The van der Waals surface area contributed by atoms with Gasteiger partial charge < -0.3 is 35.4 Å². The zero-order valence-electron chi connectivity index (χ0n) is 13.9. The third-order valence-electron chi connectivity index (χ3n) is 4.69. The molecule has 1 fully saturated rings. The maximum atomic E-state index is 10.7. The molecule has 0 amide bonds. The topological polar surface area (TPSA) is 131 Å². The Kier molecular flexibility index (Phi) is 5.45. The first-order valence-electron chi connectivity index (χ1n) is 8.32. The highest BCUT2D eigenvalue weighted by Crippen LogP contribution is 2.43. The van der Waals surface area contributed by atoms with Crippen LogP contribution in [0.4, 0.5) is 0 Å². The van der Waals surface area contributed by atoms with Crippen LogP contribution < -0.4 is 0 Å². The van der Waals surface area contributed by atoms with Gasteiger partial charge >= 0.3 is 0 Å². The summed E-state index contributed by atoms with van der Waals surface area (Å²) in [5.74, 6) is -0.582. The van der Waals surface area contributed by atoms with E-state index in [4.69, 9.17) is 4.74 Å². The summed E-state index contributed by atoms with van der Waals surface area (Å²) >= 11 is 0. The van der Waals surface area contributed by atoms with E-state index in [1.165, 1.54) is 6.07 Å². The lowest BCUT2D eigenvalue weighted by Crippen LogP contribution is -2.55. The van der Waals surface area contributed by atoms with E-state index in [2.05, 4.69) is 0 Å². The number of aliphatic hydroxyl groups is 4. The molecule has 5 atom stereocenters. The van der Waals surface area contributed by atoms with Crippen molar-refractivity contribution in [1.29, 1.82) is 0 Å². The fourth-order valence-electron chi connectivity index (χ4n) is 3.22. The Hall–Kier alpha value is -2.16. The fraction of sp³-hybridized carbons (Fsp3) is 0.368. The molecule has 1 heterocycles. The number of phenolic OH excluding ortho intramolecular Hbond substituents is 2. The fourth-order valence-corrected chi connectivity index (χ4v) is 3.22. The first kappa shape index (κ1) is 18.6.